The summed E-state index contributed by atoms with van der Waals surface area (Å²) in [7, 11) is 0. The Labute approximate surface area is 113 Å². The molecular formula is C15H19N3O. The van der Waals surface area contributed by atoms with Crippen LogP contribution in [0.25, 0.3) is 0 Å². The number of hydrogen-bond acceptors (Lipinski definition) is 4. The summed E-state index contributed by atoms with van der Waals surface area (Å²) in [5.74, 6) is 1.02. The van der Waals surface area contributed by atoms with E-state index >= 15 is 0 Å². The second-order valence-corrected chi connectivity index (χ2v) is 5.04. The van der Waals surface area contributed by atoms with Crippen molar-refractivity contribution in [3.05, 3.63) is 53.7 Å². The van der Waals surface area contributed by atoms with Crippen LogP contribution in [0.4, 0.5) is 0 Å². The molecule has 0 aromatic carbocycles. The number of aromatic nitrogens is 1. The van der Waals surface area contributed by atoms with Crippen molar-refractivity contribution in [1.29, 1.82) is 0 Å². The van der Waals surface area contributed by atoms with Gasteiger partial charge < -0.3 is 10.2 Å². The molecule has 1 aliphatic carbocycles. The van der Waals surface area contributed by atoms with Gasteiger partial charge >= 0.3 is 0 Å². The highest BCUT2D eigenvalue weighted by Gasteiger charge is 2.29. The fourth-order valence-corrected chi connectivity index (χ4v) is 2.30. The molecule has 4 nitrogen and oxygen atoms in total. The average Bonchev–Trinajstić information content (AvgIpc) is 3.17. The fraction of sp³-hybridized carbons (Fsp3) is 0.400. The molecule has 100 valence electrons. The van der Waals surface area contributed by atoms with E-state index in [-0.39, 0.29) is 0 Å². The minimum absolute atomic E-state index is 0.495. The fourth-order valence-electron chi connectivity index (χ4n) is 2.30. The summed E-state index contributed by atoms with van der Waals surface area (Å²) in [5, 5.41) is 0. The zero-order valence-corrected chi connectivity index (χ0v) is 11.0. The molecule has 1 aliphatic rings. The van der Waals surface area contributed by atoms with Gasteiger partial charge in [-0.15, -0.1) is 0 Å². The van der Waals surface area contributed by atoms with Gasteiger partial charge in [0, 0.05) is 19.1 Å². The topological polar surface area (TPSA) is 55.3 Å². The van der Waals surface area contributed by atoms with Gasteiger partial charge in [0.2, 0.25) is 0 Å². The first-order valence-electron chi connectivity index (χ1n) is 6.76. The normalized spacial score (nSPS) is 15.1. The van der Waals surface area contributed by atoms with E-state index in [0.717, 1.165) is 30.2 Å². The van der Waals surface area contributed by atoms with Gasteiger partial charge in [0.05, 0.1) is 24.2 Å². The molecule has 4 heteroatoms. The van der Waals surface area contributed by atoms with Crippen LogP contribution in [0.5, 0.6) is 0 Å². The Kier molecular flexibility index (Phi) is 3.62. The van der Waals surface area contributed by atoms with Crippen LogP contribution in [0.15, 0.2) is 41.0 Å². The summed E-state index contributed by atoms with van der Waals surface area (Å²) < 4.78 is 5.44. The summed E-state index contributed by atoms with van der Waals surface area (Å²) in [4.78, 5) is 7.01. The maximum atomic E-state index is 5.64. The lowest BCUT2D eigenvalue weighted by atomic mass is 10.2. The first-order valence-corrected chi connectivity index (χ1v) is 6.76. The summed E-state index contributed by atoms with van der Waals surface area (Å²) in [6.45, 7) is 2.21. The Bertz CT molecular complexity index is 520. The molecule has 0 spiro atoms. The van der Waals surface area contributed by atoms with E-state index in [0.29, 0.717) is 12.6 Å². The molecule has 19 heavy (non-hydrogen) atoms. The van der Waals surface area contributed by atoms with E-state index in [1.54, 1.807) is 6.26 Å². The minimum Gasteiger partial charge on any atom is -0.468 e. The van der Waals surface area contributed by atoms with Gasteiger partial charge in [-0.2, -0.15) is 0 Å². The molecule has 0 radical (unpaired) electrons. The van der Waals surface area contributed by atoms with Crippen molar-refractivity contribution >= 4 is 0 Å². The van der Waals surface area contributed by atoms with Crippen molar-refractivity contribution in [1.82, 2.24) is 9.88 Å². The molecule has 2 aromatic heterocycles. The van der Waals surface area contributed by atoms with E-state index in [4.69, 9.17) is 10.2 Å². The molecule has 0 saturated heterocycles. The summed E-state index contributed by atoms with van der Waals surface area (Å²) >= 11 is 0. The van der Waals surface area contributed by atoms with Crippen LogP contribution < -0.4 is 5.73 Å². The van der Waals surface area contributed by atoms with Crippen molar-refractivity contribution in [3.8, 4) is 0 Å². The van der Waals surface area contributed by atoms with Crippen LogP contribution in [0.1, 0.15) is 30.0 Å². The molecular weight excluding hydrogens is 238 g/mol. The van der Waals surface area contributed by atoms with E-state index < -0.39 is 0 Å². The summed E-state index contributed by atoms with van der Waals surface area (Å²) in [5.41, 5.74) is 7.68. The van der Waals surface area contributed by atoms with Gasteiger partial charge in [-0.25, -0.2) is 0 Å². The lowest BCUT2D eigenvalue weighted by Crippen LogP contribution is -2.25. The third kappa shape index (κ3) is 3.22. The van der Waals surface area contributed by atoms with Crippen LogP contribution in [0, 0.1) is 0 Å². The molecule has 3 rings (SSSR count). The van der Waals surface area contributed by atoms with Crippen molar-refractivity contribution in [2.75, 3.05) is 0 Å². The Morgan fingerprint density at radius 1 is 1.16 bits per heavy atom. The SMILES string of the molecule is NCc1cccc(CN(Cc2ccco2)C2CC2)n1. The maximum Gasteiger partial charge on any atom is 0.117 e. The number of furan rings is 1. The van der Waals surface area contributed by atoms with Gasteiger partial charge in [-0.3, -0.25) is 9.88 Å². The monoisotopic (exact) mass is 257 g/mol. The molecule has 0 unspecified atom stereocenters. The molecule has 1 saturated carbocycles. The number of rotatable bonds is 6. The van der Waals surface area contributed by atoms with Crippen molar-refractivity contribution in [2.45, 2.75) is 38.5 Å². The Morgan fingerprint density at radius 2 is 2.00 bits per heavy atom. The first-order chi connectivity index (χ1) is 9.35. The third-order valence-electron chi connectivity index (χ3n) is 3.44. The van der Waals surface area contributed by atoms with Gasteiger partial charge in [0.15, 0.2) is 0 Å². The standard InChI is InChI=1S/C15H19N3O/c16-9-12-3-1-4-13(17-12)10-18(14-6-7-14)11-15-5-2-8-19-15/h1-5,8,14H,6-7,9-11,16H2. The van der Waals surface area contributed by atoms with E-state index in [9.17, 15) is 0 Å². The lowest BCUT2D eigenvalue weighted by molar-refractivity contribution is 0.222. The number of nitrogens with two attached hydrogens (primary N) is 1. The highest BCUT2D eigenvalue weighted by atomic mass is 16.3. The highest BCUT2D eigenvalue weighted by Crippen LogP contribution is 2.29. The van der Waals surface area contributed by atoms with Gasteiger partial charge in [0.1, 0.15) is 5.76 Å². The first kappa shape index (κ1) is 12.4. The van der Waals surface area contributed by atoms with Crippen molar-refractivity contribution < 1.29 is 4.42 Å². The minimum atomic E-state index is 0.495. The number of hydrogen-bond donors (Lipinski definition) is 1. The van der Waals surface area contributed by atoms with Crippen LogP contribution in [-0.4, -0.2) is 15.9 Å². The second kappa shape index (κ2) is 5.55. The van der Waals surface area contributed by atoms with Crippen molar-refractivity contribution in [2.24, 2.45) is 5.73 Å². The average molecular weight is 257 g/mol. The van der Waals surface area contributed by atoms with Gasteiger partial charge in [0.25, 0.3) is 0 Å². The molecule has 2 heterocycles. The number of nitrogens with zero attached hydrogens (tertiary/aromatic N) is 2. The highest BCUT2D eigenvalue weighted by molar-refractivity contribution is 5.12. The second-order valence-electron chi connectivity index (χ2n) is 5.04. The van der Waals surface area contributed by atoms with Crippen LogP contribution in [-0.2, 0) is 19.6 Å². The zero-order chi connectivity index (χ0) is 13.1. The van der Waals surface area contributed by atoms with E-state index in [1.807, 2.05) is 24.3 Å². The summed E-state index contributed by atoms with van der Waals surface area (Å²) in [6, 6.07) is 10.7. The Balaban J connectivity index is 1.70. The number of pyridine rings is 1. The lowest BCUT2D eigenvalue weighted by Gasteiger charge is -2.20. The quantitative estimate of drug-likeness (QED) is 0.862. The molecule has 0 bridgehead atoms. The zero-order valence-electron chi connectivity index (χ0n) is 11.0. The summed E-state index contributed by atoms with van der Waals surface area (Å²) in [6.07, 6.45) is 4.28. The third-order valence-corrected chi connectivity index (χ3v) is 3.44. The molecule has 0 aliphatic heterocycles. The molecule has 2 N–H and O–H groups in total. The van der Waals surface area contributed by atoms with Crippen LogP contribution >= 0.6 is 0 Å². The van der Waals surface area contributed by atoms with Gasteiger partial charge in [-0.1, -0.05) is 6.07 Å². The van der Waals surface area contributed by atoms with E-state index in [1.165, 1.54) is 12.8 Å². The molecule has 1 fully saturated rings. The van der Waals surface area contributed by atoms with Crippen molar-refractivity contribution in [3.63, 3.8) is 0 Å². The van der Waals surface area contributed by atoms with Crippen LogP contribution in [0.2, 0.25) is 0 Å². The molecule has 0 atom stereocenters. The molecule has 2 aromatic rings. The Morgan fingerprint density at radius 3 is 2.68 bits per heavy atom. The van der Waals surface area contributed by atoms with E-state index in [2.05, 4.69) is 16.0 Å². The predicted octanol–water partition coefficient (Wildman–Crippen LogP) is 2.30. The smallest absolute Gasteiger partial charge is 0.117 e. The molecule has 0 amide bonds. The maximum absolute atomic E-state index is 5.64. The largest absolute Gasteiger partial charge is 0.468 e. The Hall–Kier alpha value is -1.65. The predicted molar refractivity (Wildman–Crippen MR) is 73.1 cm³/mol. The van der Waals surface area contributed by atoms with Gasteiger partial charge in [-0.05, 0) is 37.1 Å². The van der Waals surface area contributed by atoms with Crippen LogP contribution in [0.3, 0.4) is 0 Å².